The van der Waals surface area contributed by atoms with Crippen molar-refractivity contribution in [2.75, 3.05) is 13.1 Å². The highest BCUT2D eigenvalue weighted by Gasteiger charge is 2.30. The van der Waals surface area contributed by atoms with Gasteiger partial charge in [0.1, 0.15) is 0 Å². The van der Waals surface area contributed by atoms with Gasteiger partial charge in [-0.25, -0.2) is 9.67 Å². The second-order valence-electron chi connectivity index (χ2n) is 8.29. The zero-order chi connectivity index (χ0) is 18.4. The average molecular weight is 343 g/mol. The Bertz CT molecular complexity index is 798. The molecular weight excluding hydrogens is 314 g/mol. The Morgan fingerprint density at radius 3 is 2.68 bits per heavy atom. The van der Waals surface area contributed by atoms with E-state index in [0.717, 1.165) is 35.3 Å². The Hall–Kier alpha value is -1.95. The van der Waals surface area contributed by atoms with Crippen molar-refractivity contribution in [1.29, 1.82) is 0 Å². The second kappa shape index (κ2) is 6.41. The van der Waals surface area contributed by atoms with Crippen LogP contribution in [0.3, 0.4) is 0 Å². The van der Waals surface area contributed by atoms with Crippen LogP contribution in [-0.4, -0.2) is 33.8 Å². The Labute approximate surface area is 149 Å². The minimum Gasteiger partial charge on any atom is -0.352 e. The van der Waals surface area contributed by atoms with Crippen LogP contribution < -0.4 is 11.1 Å². The third kappa shape index (κ3) is 3.54. The van der Waals surface area contributed by atoms with Gasteiger partial charge in [-0.1, -0.05) is 6.92 Å². The second-order valence-corrected chi connectivity index (χ2v) is 8.29. The van der Waals surface area contributed by atoms with E-state index in [1.54, 1.807) is 0 Å². The third-order valence-corrected chi connectivity index (χ3v) is 4.72. The summed E-state index contributed by atoms with van der Waals surface area (Å²) in [5.41, 5.74) is 8.82. The summed E-state index contributed by atoms with van der Waals surface area (Å²) in [5, 5.41) is 8.57. The number of carbonyl (C=O) groups is 1. The summed E-state index contributed by atoms with van der Waals surface area (Å²) in [6.07, 6.45) is 2.29. The van der Waals surface area contributed by atoms with E-state index in [4.69, 9.17) is 15.8 Å². The standard InChI is InChI=1S/C19H29N5O/c1-11(9-20)10-21-18(25)14-8-15(13-6-7-13)22-17-16(14)12(2)23-24(17)19(3,4)5/h8,11,13H,6-7,9-10,20H2,1-5H3,(H,21,25). The van der Waals surface area contributed by atoms with Crippen molar-refractivity contribution < 1.29 is 4.79 Å². The molecule has 3 N–H and O–H groups in total. The van der Waals surface area contributed by atoms with Crippen molar-refractivity contribution in [1.82, 2.24) is 20.1 Å². The Kier molecular flexibility index (Phi) is 4.58. The normalized spacial score (nSPS) is 16.2. The van der Waals surface area contributed by atoms with Gasteiger partial charge in [0.25, 0.3) is 5.91 Å². The summed E-state index contributed by atoms with van der Waals surface area (Å²) in [6.45, 7) is 11.4. The van der Waals surface area contributed by atoms with Crippen molar-refractivity contribution in [3.8, 4) is 0 Å². The number of hydrogen-bond acceptors (Lipinski definition) is 4. The summed E-state index contributed by atoms with van der Waals surface area (Å²) >= 11 is 0. The van der Waals surface area contributed by atoms with Crippen molar-refractivity contribution >= 4 is 16.9 Å². The van der Waals surface area contributed by atoms with Crippen molar-refractivity contribution in [3.63, 3.8) is 0 Å². The molecule has 136 valence electrons. The maximum absolute atomic E-state index is 12.9. The topological polar surface area (TPSA) is 85.8 Å². The molecule has 1 fully saturated rings. The van der Waals surface area contributed by atoms with Crippen LogP contribution in [0.5, 0.6) is 0 Å². The summed E-state index contributed by atoms with van der Waals surface area (Å²) in [7, 11) is 0. The van der Waals surface area contributed by atoms with Crippen LogP contribution in [0, 0.1) is 12.8 Å². The number of aryl methyl sites for hydroxylation is 1. The lowest BCUT2D eigenvalue weighted by atomic mass is 10.1. The molecular formula is C19H29N5O. The molecule has 6 heteroatoms. The van der Waals surface area contributed by atoms with Gasteiger partial charge in [-0.15, -0.1) is 0 Å². The molecule has 0 aromatic carbocycles. The fourth-order valence-electron chi connectivity index (χ4n) is 2.99. The van der Waals surface area contributed by atoms with Gasteiger partial charge in [-0.2, -0.15) is 5.10 Å². The number of hydrogen-bond donors (Lipinski definition) is 2. The highest BCUT2D eigenvalue weighted by atomic mass is 16.1. The predicted octanol–water partition coefficient (Wildman–Crippen LogP) is 2.70. The molecule has 0 bridgehead atoms. The minimum absolute atomic E-state index is 0.0637. The average Bonchev–Trinajstić information content (AvgIpc) is 3.34. The highest BCUT2D eigenvalue weighted by Crippen LogP contribution is 2.40. The third-order valence-electron chi connectivity index (χ3n) is 4.72. The molecule has 1 atom stereocenters. The first-order valence-corrected chi connectivity index (χ1v) is 9.11. The lowest BCUT2D eigenvalue weighted by Crippen LogP contribution is -2.31. The zero-order valence-electron chi connectivity index (χ0n) is 15.9. The summed E-state index contributed by atoms with van der Waals surface area (Å²) in [5.74, 6) is 0.663. The molecule has 2 heterocycles. The monoisotopic (exact) mass is 343 g/mol. The zero-order valence-corrected chi connectivity index (χ0v) is 15.9. The van der Waals surface area contributed by atoms with Gasteiger partial charge in [0.15, 0.2) is 5.65 Å². The molecule has 0 aliphatic heterocycles. The molecule has 0 radical (unpaired) electrons. The number of nitrogens with zero attached hydrogens (tertiary/aromatic N) is 3. The first kappa shape index (κ1) is 17.9. The minimum atomic E-state index is -0.191. The van der Waals surface area contributed by atoms with E-state index in [1.807, 2.05) is 24.6 Å². The summed E-state index contributed by atoms with van der Waals surface area (Å²) in [4.78, 5) is 17.7. The fraction of sp³-hybridized carbons (Fsp3) is 0.632. The summed E-state index contributed by atoms with van der Waals surface area (Å²) in [6, 6.07) is 1.96. The smallest absolute Gasteiger partial charge is 0.252 e. The van der Waals surface area contributed by atoms with E-state index in [1.165, 1.54) is 0 Å². The number of rotatable bonds is 5. The lowest BCUT2D eigenvalue weighted by Gasteiger charge is -2.20. The quantitative estimate of drug-likeness (QED) is 0.874. The van der Waals surface area contributed by atoms with Crippen LogP contribution in [0.4, 0.5) is 0 Å². The molecule has 0 spiro atoms. The molecule has 1 amide bonds. The molecule has 1 aliphatic rings. The Morgan fingerprint density at radius 2 is 2.12 bits per heavy atom. The number of pyridine rings is 1. The number of fused-ring (bicyclic) bond motifs is 1. The number of aromatic nitrogens is 3. The summed E-state index contributed by atoms with van der Waals surface area (Å²) < 4.78 is 1.95. The van der Waals surface area contributed by atoms with Crippen LogP contribution in [0.2, 0.25) is 0 Å². The lowest BCUT2D eigenvalue weighted by molar-refractivity contribution is 0.0950. The van der Waals surface area contributed by atoms with Gasteiger partial charge in [0.2, 0.25) is 0 Å². The van der Waals surface area contributed by atoms with Crippen LogP contribution in [-0.2, 0) is 5.54 Å². The first-order chi connectivity index (χ1) is 11.7. The van der Waals surface area contributed by atoms with Crippen molar-refractivity contribution in [2.45, 2.75) is 58.9 Å². The molecule has 2 aromatic rings. The van der Waals surface area contributed by atoms with Gasteiger partial charge < -0.3 is 11.1 Å². The maximum Gasteiger partial charge on any atom is 0.252 e. The number of carbonyl (C=O) groups excluding carboxylic acids is 1. The van der Waals surface area contributed by atoms with Crippen LogP contribution in [0.1, 0.15) is 68.2 Å². The Morgan fingerprint density at radius 1 is 1.44 bits per heavy atom. The molecule has 25 heavy (non-hydrogen) atoms. The van der Waals surface area contributed by atoms with Crippen LogP contribution in [0.15, 0.2) is 6.07 Å². The number of nitrogens with two attached hydrogens (primary N) is 1. The van der Waals surface area contributed by atoms with E-state index >= 15 is 0 Å². The van der Waals surface area contributed by atoms with Gasteiger partial charge in [-0.3, -0.25) is 4.79 Å². The maximum atomic E-state index is 12.9. The van der Waals surface area contributed by atoms with Gasteiger partial charge in [0.05, 0.1) is 22.2 Å². The molecule has 0 saturated heterocycles. The SMILES string of the molecule is Cc1nn(C(C)(C)C)c2nc(C3CC3)cc(C(=O)NCC(C)CN)c12. The fourth-order valence-corrected chi connectivity index (χ4v) is 2.99. The van der Waals surface area contributed by atoms with E-state index in [0.29, 0.717) is 24.6 Å². The molecule has 3 rings (SSSR count). The van der Waals surface area contributed by atoms with E-state index < -0.39 is 0 Å². The van der Waals surface area contributed by atoms with Gasteiger partial charge in [-0.05, 0) is 59.1 Å². The number of amides is 1. The van der Waals surface area contributed by atoms with Crippen molar-refractivity contribution in [2.24, 2.45) is 11.7 Å². The molecule has 6 nitrogen and oxygen atoms in total. The van der Waals surface area contributed by atoms with Crippen molar-refractivity contribution in [3.05, 3.63) is 23.0 Å². The highest BCUT2D eigenvalue weighted by molar-refractivity contribution is 6.06. The van der Waals surface area contributed by atoms with E-state index in [-0.39, 0.29) is 17.4 Å². The predicted molar refractivity (Wildman–Crippen MR) is 99.8 cm³/mol. The molecule has 2 aromatic heterocycles. The molecule has 1 aliphatic carbocycles. The Balaban J connectivity index is 2.10. The van der Waals surface area contributed by atoms with Crippen LogP contribution in [0.25, 0.3) is 11.0 Å². The molecule has 1 saturated carbocycles. The van der Waals surface area contributed by atoms with Crippen LogP contribution >= 0.6 is 0 Å². The number of nitrogens with one attached hydrogen (secondary N) is 1. The largest absolute Gasteiger partial charge is 0.352 e. The first-order valence-electron chi connectivity index (χ1n) is 9.11. The van der Waals surface area contributed by atoms with Gasteiger partial charge in [0, 0.05) is 18.2 Å². The molecule has 1 unspecified atom stereocenters. The van der Waals surface area contributed by atoms with E-state index in [2.05, 4.69) is 26.1 Å². The van der Waals surface area contributed by atoms with Gasteiger partial charge >= 0.3 is 0 Å². The van der Waals surface area contributed by atoms with E-state index in [9.17, 15) is 4.79 Å².